The molecule has 0 atom stereocenters. The van der Waals surface area contributed by atoms with Crippen molar-refractivity contribution in [3.63, 3.8) is 0 Å². The molecule has 6 heteroatoms. The molecule has 2 aromatic rings. The minimum Gasteiger partial charge on any atom is -0.491 e. The number of nitrogens with one attached hydrogen (secondary N) is 1. The van der Waals surface area contributed by atoms with E-state index in [0.29, 0.717) is 26.3 Å². The van der Waals surface area contributed by atoms with Gasteiger partial charge in [0.25, 0.3) is 0 Å². The van der Waals surface area contributed by atoms with Crippen molar-refractivity contribution in [2.24, 2.45) is 0 Å². The Hall–Kier alpha value is -2.05. The summed E-state index contributed by atoms with van der Waals surface area (Å²) in [5.74, 6) is 0.852. The number of anilines is 1. The van der Waals surface area contributed by atoms with Gasteiger partial charge in [0.2, 0.25) is 0 Å². The fourth-order valence-electron chi connectivity index (χ4n) is 1.90. The molecule has 0 aliphatic carbocycles. The highest BCUT2D eigenvalue weighted by molar-refractivity contribution is 5.42. The fraction of sp³-hybridized carbons (Fsp3) is 0.400. The van der Waals surface area contributed by atoms with Crippen LogP contribution in [0.2, 0.25) is 0 Å². The standard InChI is InChI=1S/C15H21N3O3/c1-20-8-9-21-15-5-3-2-4-13(15)10-16-14-11-17-18(12-14)6-7-19/h2-5,11-12,16,19H,6-10H2,1H3. The molecule has 0 aliphatic rings. The van der Waals surface area contributed by atoms with Gasteiger partial charge in [-0.1, -0.05) is 18.2 Å². The smallest absolute Gasteiger partial charge is 0.124 e. The van der Waals surface area contributed by atoms with E-state index in [2.05, 4.69) is 10.4 Å². The molecular formula is C15H21N3O3. The van der Waals surface area contributed by atoms with Crippen molar-refractivity contribution in [1.29, 1.82) is 0 Å². The lowest BCUT2D eigenvalue weighted by atomic mass is 10.2. The third-order valence-corrected chi connectivity index (χ3v) is 2.96. The Morgan fingerprint density at radius 3 is 2.95 bits per heavy atom. The molecule has 6 nitrogen and oxygen atoms in total. The minimum atomic E-state index is 0.0806. The maximum Gasteiger partial charge on any atom is 0.124 e. The zero-order valence-electron chi connectivity index (χ0n) is 12.2. The minimum absolute atomic E-state index is 0.0806. The van der Waals surface area contributed by atoms with Crippen molar-refractivity contribution in [1.82, 2.24) is 9.78 Å². The molecule has 0 unspecified atom stereocenters. The SMILES string of the molecule is COCCOc1ccccc1CNc1cnn(CCO)c1. The Morgan fingerprint density at radius 2 is 2.14 bits per heavy atom. The average Bonchev–Trinajstić information content (AvgIpc) is 2.95. The summed E-state index contributed by atoms with van der Waals surface area (Å²) in [4.78, 5) is 0. The summed E-state index contributed by atoms with van der Waals surface area (Å²) in [7, 11) is 1.65. The van der Waals surface area contributed by atoms with E-state index in [0.717, 1.165) is 17.0 Å². The van der Waals surface area contributed by atoms with E-state index in [-0.39, 0.29) is 6.61 Å². The lowest BCUT2D eigenvalue weighted by Gasteiger charge is -2.11. The number of aromatic nitrogens is 2. The number of aliphatic hydroxyl groups excluding tert-OH is 1. The average molecular weight is 291 g/mol. The lowest BCUT2D eigenvalue weighted by molar-refractivity contribution is 0.146. The number of rotatable bonds is 9. The number of para-hydroxylation sites is 1. The summed E-state index contributed by atoms with van der Waals surface area (Å²) in [5.41, 5.74) is 1.98. The van der Waals surface area contributed by atoms with Crippen LogP contribution in [0, 0.1) is 0 Å². The molecule has 0 saturated heterocycles. The van der Waals surface area contributed by atoms with Crippen LogP contribution in [0.5, 0.6) is 5.75 Å². The van der Waals surface area contributed by atoms with Crippen LogP contribution in [-0.2, 0) is 17.8 Å². The summed E-state index contributed by atoms with van der Waals surface area (Å²) >= 11 is 0. The Kier molecular flexibility index (Phi) is 6.05. The second-order valence-electron chi connectivity index (χ2n) is 4.52. The molecule has 0 spiro atoms. The molecule has 114 valence electrons. The Bertz CT molecular complexity index is 542. The molecular weight excluding hydrogens is 270 g/mol. The van der Waals surface area contributed by atoms with Gasteiger partial charge in [0.15, 0.2) is 0 Å². The predicted molar refractivity (Wildman–Crippen MR) is 80.5 cm³/mol. The quantitative estimate of drug-likeness (QED) is 0.686. The van der Waals surface area contributed by atoms with Crippen LogP contribution in [0.3, 0.4) is 0 Å². The number of aliphatic hydroxyl groups is 1. The van der Waals surface area contributed by atoms with Gasteiger partial charge in [0.05, 0.1) is 31.6 Å². The van der Waals surface area contributed by atoms with Crippen LogP contribution in [0.25, 0.3) is 0 Å². The van der Waals surface area contributed by atoms with E-state index in [9.17, 15) is 0 Å². The molecule has 1 aromatic heterocycles. The fourth-order valence-corrected chi connectivity index (χ4v) is 1.90. The van der Waals surface area contributed by atoms with Crippen LogP contribution < -0.4 is 10.1 Å². The van der Waals surface area contributed by atoms with Gasteiger partial charge in [-0.15, -0.1) is 0 Å². The maximum absolute atomic E-state index is 8.87. The van der Waals surface area contributed by atoms with E-state index >= 15 is 0 Å². The van der Waals surface area contributed by atoms with Crippen LogP contribution in [0.15, 0.2) is 36.7 Å². The zero-order valence-corrected chi connectivity index (χ0v) is 12.2. The van der Waals surface area contributed by atoms with Gasteiger partial charge in [-0.2, -0.15) is 5.10 Å². The van der Waals surface area contributed by atoms with Crippen molar-refractivity contribution in [3.8, 4) is 5.75 Å². The summed E-state index contributed by atoms with van der Waals surface area (Å²) < 4.78 is 12.4. The lowest BCUT2D eigenvalue weighted by Crippen LogP contribution is -2.07. The molecule has 0 radical (unpaired) electrons. The maximum atomic E-state index is 8.87. The first-order valence-corrected chi connectivity index (χ1v) is 6.90. The Balaban J connectivity index is 1.92. The van der Waals surface area contributed by atoms with Gasteiger partial charge in [0, 0.05) is 25.4 Å². The predicted octanol–water partition coefficient (Wildman–Crippen LogP) is 1.51. The van der Waals surface area contributed by atoms with Gasteiger partial charge in [-0.3, -0.25) is 4.68 Å². The molecule has 1 heterocycles. The Morgan fingerprint density at radius 1 is 1.29 bits per heavy atom. The van der Waals surface area contributed by atoms with Crippen molar-refractivity contribution in [2.45, 2.75) is 13.1 Å². The highest BCUT2D eigenvalue weighted by Crippen LogP contribution is 2.19. The molecule has 2 rings (SSSR count). The van der Waals surface area contributed by atoms with Gasteiger partial charge in [-0.05, 0) is 6.07 Å². The summed E-state index contributed by atoms with van der Waals surface area (Å²) in [6.07, 6.45) is 3.61. The van der Waals surface area contributed by atoms with Crippen LogP contribution in [0.4, 0.5) is 5.69 Å². The number of methoxy groups -OCH3 is 1. The van der Waals surface area contributed by atoms with E-state index < -0.39 is 0 Å². The molecule has 0 bridgehead atoms. The van der Waals surface area contributed by atoms with Crippen molar-refractivity contribution in [2.75, 3.05) is 32.2 Å². The molecule has 0 amide bonds. The number of ether oxygens (including phenoxy) is 2. The van der Waals surface area contributed by atoms with Gasteiger partial charge in [-0.25, -0.2) is 0 Å². The van der Waals surface area contributed by atoms with E-state index in [1.165, 1.54) is 0 Å². The molecule has 1 aromatic carbocycles. The largest absolute Gasteiger partial charge is 0.491 e. The summed E-state index contributed by atoms with van der Waals surface area (Å²) in [5, 5.41) is 16.3. The monoisotopic (exact) mass is 291 g/mol. The third-order valence-electron chi connectivity index (χ3n) is 2.96. The van der Waals surface area contributed by atoms with Crippen LogP contribution >= 0.6 is 0 Å². The first-order chi connectivity index (χ1) is 10.3. The zero-order chi connectivity index (χ0) is 14.9. The number of hydrogen-bond donors (Lipinski definition) is 2. The van der Waals surface area contributed by atoms with Crippen molar-refractivity contribution >= 4 is 5.69 Å². The second-order valence-corrected chi connectivity index (χ2v) is 4.52. The number of hydrogen-bond acceptors (Lipinski definition) is 5. The summed E-state index contributed by atoms with van der Waals surface area (Å²) in [6, 6.07) is 7.90. The van der Waals surface area contributed by atoms with Crippen molar-refractivity contribution < 1.29 is 14.6 Å². The molecule has 0 aliphatic heterocycles. The van der Waals surface area contributed by atoms with E-state index in [1.54, 1.807) is 18.0 Å². The molecule has 0 saturated carbocycles. The van der Waals surface area contributed by atoms with Crippen LogP contribution in [-0.4, -0.2) is 41.8 Å². The van der Waals surface area contributed by atoms with Crippen LogP contribution in [0.1, 0.15) is 5.56 Å². The molecule has 2 N–H and O–H groups in total. The number of nitrogens with zero attached hydrogens (tertiary/aromatic N) is 2. The van der Waals surface area contributed by atoms with Crippen molar-refractivity contribution in [3.05, 3.63) is 42.2 Å². The Labute approximate surface area is 124 Å². The van der Waals surface area contributed by atoms with E-state index in [4.69, 9.17) is 14.6 Å². The normalized spacial score (nSPS) is 10.6. The van der Waals surface area contributed by atoms with Gasteiger partial charge in [0.1, 0.15) is 12.4 Å². The first kappa shape index (κ1) is 15.3. The molecule has 0 fully saturated rings. The topological polar surface area (TPSA) is 68.5 Å². The van der Waals surface area contributed by atoms with Gasteiger partial charge < -0.3 is 19.9 Å². The molecule has 21 heavy (non-hydrogen) atoms. The number of benzene rings is 1. The third kappa shape index (κ3) is 4.77. The highest BCUT2D eigenvalue weighted by atomic mass is 16.5. The van der Waals surface area contributed by atoms with E-state index in [1.807, 2.05) is 30.5 Å². The second kappa shape index (κ2) is 8.28. The van der Waals surface area contributed by atoms with Gasteiger partial charge >= 0.3 is 0 Å². The highest BCUT2D eigenvalue weighted by Gasteiger charge is 2.04. The summed E-state index contributed by atoms with van der Waals surface area (Å²) in [6.45, 7) is 2.32. The first-order valence-electron chi connectivity index (χ1n) is 6.90.